The Hall–Kier alpha value is -1.91. The Bertz CT molecular complexity index is 592. The molecule has 0 atom stereocenters. The van der Waals surface area contributed by atoms with Crippen molar-refractivity contribution < 1.29 is 9.47 Å². The molecule has 0 spiro atoms. The van der Waals surface area contributed by atoms with Crippen LogP contribution in [-0.2, 0) is 6.54 Å². The van der Waals surface area contributed by atoms with Crippen molar-refractivity contribution in [3.63, 3.8) is 0 Å². The molecule has 2 aliphatic carbocycles. The average molecular weight is 331 g/mol. The van der Waals surface area contributed by atoms with Gasteiger partial charge in [-0.15, -0.1) is 0 Å². The summed E-state index contributed by atoms with van der Waals surface area (Å²) < 4.78 is 10.6. The average Bonchev–Trinajstić information content (AvgIpc) is 3.49. The zero-order valence-electron chi connectivity index (χ0n) is 15.0. The summed E-state index contributed by atoms with van der Waals surface area (Å²) in [4.78, 5) is 4.72. The van der Waals surface area contributed by atoms with Crippen molar-refractivity contribution in [2.45, 2.75) is 39.2 Å². The molecule has 1 aromatic carbocycles. The summed E-state index contributed by atoms with van der Waals surface area (Å²) in [6.45, 7) is 4.64. The molecular formula is C19H29N3O2. The number of methoxy groups -OCH3 is 2. The number of nitrogens with zero attached hydrogens (tertiary/aromatic N) is 1. The minimum absolute atomic E-state index is 0.569. The van der Waals surface area contributed by atoms with Crippen LogP contribution in [0.1, 0.15) is 38.2 Å². The molecule has 2 aliphatic rings. The molecule has 24 heavy (non-hydrogen) atoms. The first kappa shape index (κ1) is 16.9. The standard InChI is InChI=1S/C19H29N3O2/c1-4-20-18(22-13-19(9-10-19)15-6-7-15)21-12-14-5-8-16(23-2)17(11-14)24-3/h5,8,11,15H,4,6-7,9-10,12-13H2,1-3H3,(H2,20,21,22). The molecule has 0 aromatic heterocycles. The van der Waals surface area contributed by atoms with Crippen molar-refractivity contribution >= 4 is 5.96 Å². The number of hydrogen-bond acceptors (Lipinski definition) is 3. The van der Waals surface area contributed by atoms with E-state index in [0.717, 1.165) is 42.0 Å². The second-order valence-electron chi connectivity index (χ2n) is 6.87. The lowest BCUT2D eigenvalue weighted by Crippen LogP contribution is -2.40. The fourth-order valence-corrected chi connectivity index (χ4v) is 3.34. The summed E-state index contributed by atoms with van der Waals surface area (Å²) >= 11 is 0. The second kappa shape index (κ2) is 7.32. The Kier molecular flexibility index (Phi) is 5.17. The Labute approximate surface area is 144 Å². The van der Waals surface area contributed by atoms with Gasteiger partial charge in [0.05, 0.1) is 20.8 Å². The summed E-state index contributed by atoms with van der Waals surface area (Å²) in [7, 11) is 3.31. The van der Waals surface area contributed by atoms with Crippen LogP contribution in [0.5, 0.6) is 11.5 Å². The summed E-state index contributed by atoms with van der Waals surface area (Å²) in [5.74, 6) is 3.35. The second-order valence-corrected chi connectivity index (χ2v) is 6.87. The van der Waals surface area contributed by atoms with Gasteiger partial charge in [0.15, 0.2) is 17.5 Å². The number of rotatable bonds is 8. The molecule has 3 rings (SSSR count). The number of guanidine groups is 1. The van der Waals surface area contributed by atoms with E-state index in [1.807, 2.05) is 18.2 Å². The molecule has 0 radical (unpaired) electrons. The van der Waals surface area contributed by atoms with Crippen LogP contribution in [0, 0.1) is 11.3 Å². The van der Waals surface area contributed by atoms with Crippen molar-refractivity contribution in [1.82, 2.24) is 10.6 Å². The Balaban J connectivity index is 1.60. The molecule has 0 aliphatic heterocycles. The van der Waals surface area contributed by atoms with E-state index in [0.29, 0.717) is 12.0 Å². The van der Waals surface area contributed by atoms with Crippen molar-refractivity contribution in [3.8, 4) is 11.5 Å². The van der Waals surface area contributed by atoms with E-state index in [9.17, 15) is 0 Å². The van der Waals surface area contributed by atoms with Gasteiger partial charge in [-0.2, -0.15) is 0 Å². The van der Waals surface area contributed by atoms with Crippen molar-refractivity contribution in [1.29, 1.82) is 0 Å². The molecule has 132 valence electrons. The number of hydrogen-bond donors (Lipinski definition) is 2. The fraction of sp³-hybridized carbons (Fsp3) is 0.632. The van der Waals surface area contributed by atoms with Crippen LogP contribution >= 0.6 is 0 Å². The predicted molar refractivity (Wildman–Crippen MR) is 96.8 cm³/mol. The first-order valence-electron chi connectivity index (χ1n) is 8.94. The highest BCUT2D eigenvalue weighted by Gasteiger charge is 2.53. The molecule has 0 heterocycles. The highest BCUT2D eigenvalue weighted by Crippen LogP contribution is 2.60. The third-order valence-corrected chi connectivity index (χ3v) is 5.16. The Morgan fingerprint density at radius 2 is 1.92 bits per heavy atom. The van der Waals surface area contributed by atoms with E-state index >= 15 is 0 Å². The summed E-state index contributed by atoms with van der Waals surface area (Å²) in [5.41, 5.74) is 1.67. The molecule has 0 amide bonds. The molecule has 0 unspecified atom stereocenters. The van der Waals surface area contributed by atoms with Gasteiger partial charge in [0.2, 0.25) is 0 Å². The van der Waals surface area contributed by atoms with Crippen molar-refractivity contribution in [2.24, 2.45) is 16.3 Å². The quantitative estimate of drug-likeness (QED) is 0.568. The zero-order valence-corrected chi connectivity index (χ0v) is 15.0. The zero-order chi connectivity index (χ0) is 17.0. The van der Waals surface area contributed by atoms with Crippen LogP contribution in [0.15, 0.2) is 23.2 Å². The van der Waals surface area contributed by atoms with E-state index in [-0.39, 0.29) is 0 Å². The summed E-state index contributed by atoms with van der Waals surface area (Å²) in [6, 6.07) is 5.94. The van der Waals surface area contributed by atoms with Crippen molar-refractivity contribution in [2.75, 3.05) is 27.3 Å². The molecule has 5 heteroatoms. The van der Waals surface area contributed by atoms with E-state index in [2.05, 4.69) is 17.6 Å². The van der Waals surface area contributed by atoms with Gasteiger partial charge in [0.25, 0.3) is 0 Å². The minimum atomic E-state index is 0.569. The lowest BCUT2D eigenvalue weighted by molar-refractivity contribution is 0.354. The molecule has 0 saturated heterocycles. The van der Waals surface area contributed by atoms with Crippen molar-refractivity contribution in [3.05, 3.63) is 23.8 Å². The molecule has 1 aromatic rings. The fourth-order valence-electron chi connectivity index (χ4n) is 3.34. The summed E-state index contributed by atoms with van der Waals surface area (Å²) in [5, 5.41) is 6.90. The van der Waals surface area contributed by atoms with Crippen LogP contribution in [-0.4, -0.2) is 33.3 Å². The van der Waals surface area contributed by atoms with Gasteiger partial charge in [-0.05, 0) is 61.6 Å². The van der Waals surface area contributed by atoms with E-state index in [1.165, 1.54) is 25.7 Å². The van der Waals surface area contributed by atoms with E-state index in [4.69, 9.17) is 14.5 Å². The molecule has 2 saturated carbocycles. The number of benzene rings is 1. The Morgan fingerprint density at radius 3 is 2.50 bits per heavy atom. The minimum Gasteiger partial charge on any atom is -0.493 e. The molecule has 2 N–H and O–H groups in total. The van der Waals surface area contributed by atoms with Gasteiger partial charge in [-0.25, -0.2) is 4.99 Å². The Morgan fingerprint density at radius 1 is 1.17 bits per heavy atom. The third-order valence-electron chi connectivity index (χ3n) is 5.16. The van der Waals surface area contributed by atoms with Crippen LogP contribution in [0.3, 0.4) is 0 Å². The molecule has 2 fully saturated rings. The lowest BCUT2D eigenvalue weighted by atomic mass is 10.0. The topological polar surface area (TPSA) is 54.9 Å². The molecule has 0 bridgehead atoms. The first-order valence-corrected chi connectivity index (χ1v) is 8.94. The summed E-state index contributed by atoms with van der Waals surface area (Å²) in [6.07, 6.45) is 5.58. The van der Waals surface area contributed by atoms with E-state index < -0.39 is 0 Å². The molecule has 5 nitrogen and oxygen atoms in total. The van der Waals surface area contributed by atoms with Gasteiger partial charge < -0.3 is 20.1 Å². The first-order chi connectivity index (χ1) is 11.7. The highest BCUT2D eigenvalue weighted by atomic mass is 16.5. The van der Waals surface area contributed by atoms with Crippen LogP contribution in [0.2, 0.25) is 0 Å². The van der Waals surface area contributed by atoms with Crippen LogP contribution in [0.4, 0.5) is 0 Å². The van der Waals surface area contributed by atoms with Gasteiger partial charge in [-0.3, -0.25) is 0 Å². The van der Waals surface area contributed by atoms with Gasteiger partial charge in [-0.1, -0.05) is 6.07 Å². The number of ether oxygens (including phenoxy) is 2. The monoisotopic (exact) mass is 331 g/mol. The largest absolute Gasteiger partial charge is 0.493 e. The smallest absolute Gasteiger partial charge is 0.191 e. The number of nitrogens with one attached hydrogen (secondary N) is 2. The van der Waals surface area contributed by atoms with Gasteiger partial charge in [0, 0.05) is 13.1 Å². The van der Waals surface area contributed by atoms with Crippen LogP contribution in [0.25, 0.3) is 0 Å². The number of aliphatic imine (C=N–C) groups is 1. The van der Waals surface area contributed by atoms with Gasteiger partial charge >= 0.3 is 0 Å². The lowest BCUT2D eigenvalue weighted by Gasteiger charge is -2.18. The highest BCUT2D eigenvalue weighted by molar-refractivity contribution is 5.79. The SMILES string of the molecule is CCNC(=NCc1ccc(OC)c(OC)c1)NCC1(C2CC2)CC1. The third kappa shape index (κ3) is 3.94. The molecular weight excluding hydrogens is 302 g/mol. The normalized spacial score (nSPS) is 18.9. The van der Waals surface area contributed by atoms with Crippen LogP contribution < -0.4 is 20.1 Å². The maximum Gasteiger partial charge on any atom is 0.191 e. The van der Waals surface area contributed by atoms with Gasteiger partial charge in [0.1, 0.15) is 0 Å². The maximum atomic E-state index is 5.36. The van der Waals surface area contributed by atoms with E-state index in [1.54, 1.807) is 14.2 Å². The maximum absolute atomic E-state index is 5.36. The predicted octanol–water partition coefficient (Wildman–Crippen LogP) is 2.95.